The lowest BCUT2D eigenvalue weighted by Gasteiger charge is -2.11. The number of hydrogen-bond acceptors (Lipinski definition) is 3. The van der Waals surface area contributed by atoms with Gasteiger partial charge in [-0.1, -0.05) is 38.4 Å². The summed E-state index contributed by atoms with van der Waals surface area (Å²) in [6.45, 7) is 2.15. The number of carbonyl (C=O) groups excluding carboxylic acids is 1. The van der Waals surface area contributed by atoms with Gasteiger partial charge in [0.2, 0.25) is 5.91 Å². The number of nitrogens with two attached hydrogens (primary N) is 1. The first-order valence-corrected chi connectivity index (χ1v) is 7.27. The Hall–Kier alpha value is -1.62. The molecule has 0 aliphatic heterocycles. The fraction of sp³-hybridized carbons (Fsp3) is 0.467. The van der Waals surface area contributed by atoms with Crippen LogP contribution in [0, 0.1) is 0 Å². The second kappa shape index (κ2) is 8.53. The molecule has 0 saturated heterocycles. The zero-order chi connectivity index (χ0) is 15.0. The van der Waals surface area contributed by atoms with Crippen LogP contribution in [0.3, 0.4) is 0 Å². The first kappa shape index (κ1) is 16.4. The highest BCUT2D eigenvalue weighted by Crippen LogP contribution is 2.25. The molecule has 0 radical (unpaired) electrons. The van der Waals surface area contributed by atoms with Gasteiger partial charge in [0.25, 0.3) is 0 Å². The molecule has 1 aromatic carbocycles. The number of benzene rings is 1. The summed E-state index contributed by atoms with van der Waals surface area (Å²) >= 11 is 4.92. The van der Waals surface area contributed by atoms with Crippen molar-refractivity contribution in [2.24, 2.45) is 5.73 Å². The molecule has 0 unspecified atom stereocenters. The van der Waals surface area contributed by atoms with Crippen LogP contribution in [0.25, 0.3) is 0 Å². The maximum atomic E-state index is 11.8. The van der Waals surface area contributed by atoms with E-state index < -0.39 is 0 Å². The van der Waals surface area contributed by atoms with Gasteiger partial charge in [0.05, 0.1) is 12.8 Å². The van der Waals surface area contributed by atoms with Gasteiger partial charge in [0.1, 0.15) is 10.7 Å². The smallest absolute Gasteiger partial charge is 0.224 e. The van der Waals surface area contributed by atoms with E-state index in [0.717, 1.165) is 24.8 Å². The minimum absolute atomic E-state index is 0.00229. The van der Waals surface area contributed by atoms with E-state index in [2.05, 4.69) is 12.2 Å². The summed E-state index contributed by atoms with van der Waals surface area (Å²) in [6, 6.07) is 5.27. The van der Waals surface area contributed by atoms with Gasteiger partial charge in [-0.25, -0.2) is 0 Å². The van der Waals surface area contributed by atoms with Crippen LogP contribution in [0.15, 0.2) is 18.2 Å². The molecule has 0 bridgehead atoms. The van der Waals surface area contributed by atoms with Crippen molar-refractivity contribution < 1.29 is 9.53 Å². The Labute approximate surface area is 125 Å². The first-order valence-electron chi connectivity index (χ1n) is 6.86. The third-order valence-corrected chi connectivity index (χ3v) is 3.25. The third-order valence-electron chi connectivity index (χ3n) is 3.02. The molecule has 0 aliphatic carbocycles. The third kappa shape index (κ3) is 5.17. The number of ether oxygens (including phenoxy) is 1. The van der Waals surface area contributed by atoms with Crippen LogP contribution in [0.2, 0.25) is 0 Å². The molecule has 0 saturated carbocycles. The van der Waals surface area contributed by atoms with E-state index in [0.29, 0.717) is 22.8 Å². The number of thiocarbonyl (C=S) groups is 1. The van der Waals surface area contributed by atoms with Gasteiger partial charge in [-0.2, -0.15) is 0 Å². The van der Waals surface area contributed by atoms with E-state index in [-0.39, 0.29) is 5.91 Å². The van der Waals surface area contributed by atoms with Crippen molar-refractivity contribution in [2.75, 3.05) is 12.4 Å². The van der Waals surface area contributed by atoms with E-state index in [9.17, 15) is 4.79 Å². The number of unbranched alkanes of at least 4 members (excludes halogenated alkanes) is 3. The Kier molecular flexibility index (Phi) is 7.01. The van der Waals surface area contributed by atoms with Gasteiger partial charge < -0.3 is 15.8 Å². The minimum Gasteiger partial charge on any atom is -0.495 e. The lowest BCUT2D eigenvalue weighted by Crippen LogP contribution is -2.13. The molecule has 0 spiro atoms. The Morgan fingerprint density at radius 3 is 2.70 bits per heavy atom. The molecule has 4 nitrogen and oxygen atoms in total. The van der Waals surface area contributed by atoms with Crippen molar-refractivity contribution in [3.63, 3.8) is 0 Å². The van der Waals surface area contributed by atoms with E-state index in [4.69, 9.17) is 22.7 Å². The number of rotatable bonds is 8. The molecular weight excluding hydrogens is 272 g/mol. The highest BCUT2D eigenvalue weighted by molar-refractivity contribution is 7.80. The number of methoxy groups -OCH3 is 1. The predicted octanol–water partition coefficient (Wildman–Crippen LogP) is 3.24. The quantitative estimate of drug-likeness (QED) is 0.570. The standard InChI is InChI=1S/C15H22N2O2S/c1-3-4-5-6-7-14(18)17-12-9-8-11(15(16)20)10-13(12)19-2/h8-10H,3-7H2,1-2H3,(H2,16,20)(H,17,18). The Morgan fingerprint density at radius 1 is 1.35 bits per heavy atom. The van der Waals surface area contributed by atoms with Crippen LogP contribution < -0.4 is 15.8 Å². The van der Waals surface area contributed by atoms with Crippen molar-refractivity contribution in [1.29, 1.82) is 0 Å². The fourth-order valence-electron chi connectivity index (χ4n) is 1.87. The summed E-state index contributed by atoms with van der Waals surface area (Å²) in [7, 11) is 1.55. The molecule has 0 atom stereocenters. The zero-order valence-corrected chi connectivity index (χ0v) is 12.9. The van der Waals surface area contributed by atoms with Crippen LogP contribution in [0.1, 0.15) is 44.6 Å². The molecule has 20 heavy (non-hydrogen) atoms. The van der Waals surface area contributed by atoms with Gasteiger partial charge in [0.15, 0.2) is 0 Å². The van der Waals surface area contributed by atoms with Crippen LogP contribution in [0.4, 0.5) is 5.69 Å². The maximum absolute atomic E-state index is 11.8. The van der Waals surface area contributed by atoms with Gasteiger partial charge >= 0.3 is 0 Å². The topological polar surface area (TPSA) is 64.4 Å². The normalized spacial score (nSPS) is 10.1. The minimum atomic E-state index is 0.00229. The summed E-state index contributed by atoms with van der Waals surface area (Å²) in [5.41, 5.74) is 6.94. The molecule has 0 fully saturated rings. The van der Waals surface area contributed by atoms with Crippen molar-refractivity contribution in [3.8, 4) is 5.75 Å². The van der Waals surface area contributed by atoms with Crippen molar-refractivity contribution >= 4 is 28.8 Å². The SMILES string of the molecule is CCCCCCC(=O)Nc1ccc(C(N)=S)cc1OC. The molecule has 1 amide bonds. The molecule has 0 aromatic heterocycles. The summed E-state index contributed by atoms with van der Waals surface area (Å²) in [5, 5.41) is 2.86. The average molecular weight is 294 g/mol. The molecular formula is C15H22N2O2S. The average Bonchev–Trinajstić information content (AvgIpc) is 2.43. The highest BCUT2D eigenvalue weighted by atomic mass is 32.1. The summed E-state index contributed by atoms with van der Waals surface area (Å²) < 4.78 is 5.25. The van der Waals surface area contributed by atoms with Gasteiger partial charge in [-0.05, 0) is 24.6 Å². The first-order chi connectivity index (χ1) is 9.58. The summed E-state index contributed by atoms with van der Waals surface area (Å²) in [4.78, 5) is 12.2. The molecule has 0 aliphatic rings. The largest absolute Gasteiger partial charge is 0.495 e. The number of hydrogen-bond donors (Lipinski definition) is 2. The number of carbonyl (C=O) groups is 1. The fourth-order valence-corrected chi connectivity index (χ4v) is 2.00. The lowest BCUT2D eigenvalue weighted by molar-refractivity contribution is -0.116. The molecule has 5 heteroatoms. The molecule has 1 aromatic rings. The lowest BCUT2D eigenvalue weighted by atomic mass is 10.1. The Bertz CT molecular complexity index is 475. The highest BCUT2D eigenvalue weighted by Gasteiger charge is 2.09. The number of nitrogens with one attached hydrogen (secondary N) is 1. The molecule has 110 valence electrons. The Morgan fingerprint density at radius 2 is 2.10 bits per heavy atom. The van der Waals surface area contributed by atoms with Crippen LogP contribution in [-0.4, -0.2) is 18.0 Å². The number of anilines is 1. The van der Waals surface area contributed by atoms with E-state index in [1.807, 2.05) is 0 Å². The van der Waals surface area contributed by atoms with Gasteiger partial charge in [-0.3, -0.25) is 4.79 Å². The van der Waals surface area contributed by atoms with Crippen molar-refractivity contribution in [2.45, 2.75) is 39.0 Å². The van der Waals surface area contributed by atoms with Crippen molar-refractivity contribution in [1.82, 2.24) is 0 Å². The predicted molar refractivity (Wildman–Crippen MR) is 86.3 cm³/mol. The monoisotopic (exact) mass is 294 g/mol. The Balaban J connectivity index is 2.62. The van der Waals surface area contributed by atoms with Crippen LogP contribution >= 0.6 is 12.2 Å². The molecule has 0 heterocycles. The van der Waals surface area contributed by atoms with E-state index >= 15 is 0 Å². The maximum Gasteiger partial charge on any atom is 0.224 e. The molecule has 3 N–H and O–H groups in total. The number of amides is 1. The van der Waals surface area contributed by atoms with Crippen molar-refractivity contribution in [3.05, 3.63) is 23.8 Å². The summed E-state index contributed by atoms with van der Waals surface area (Å²) in [6.07, 6.45) is 4.85. The summed E-state index contributed by atoms with van der Waals surface area (Å²) in [5.74, 6) is 0.569. The zero-order valence-electron chi connectivity index (χ0n) is 12.1. The second-order valence-electron chi connectivity index (χ2n) is 4.64. The van der Waals surface area contributed by atoms with Crippen LogP contribution in [0.5, 0.6) is 5.75 Å². The second-order valence-corrected chi connectivity index (χ2v) is 5.08. The van der Waals surface area contributed by atoms with Gasteiger partial charge in [-0.15, -0.1) is 0 Å². The van der Waals surface area contributed by atoms with E-state index in [1.54, 1.807) is 25.3 Å². The molecule has 1 rings (SSSR count). The van der Waals surface area contributed by atoms with Gasteiger partial charge in [0, 0.05) is 12.0 Å². The van der Waals surface area contributed by atoms with E-state index in [1.165, 1.54) is 6.42 Å². The van der Waals surface area contributed by atoms with Crippen LogP contribution in [-0.2, 0) is 4.79 Å².